The molecule has 0 radical (unpaired) electrons. The van der Waals surface area contributed by atoms with Gasteiger partial charge >= 0.3 is 0 Å². The van der Waals surface area contributed by atoms with Crippen LogP contribution in [0, 0.1) is 32.4 Å². The van der Waals surface area contributed by atoms with Crippen LogP contribution in [0.1, 0.15) is 53.1 Å². The fraction of sp³-hybridized carbons (Fsp3) is 0.296. The third-order valence-electron chi connectivity index (χ3n) is 6.58. The normalized spacial score (nSPS) is 18.4. The molecule has 1 saturated heterocycles. The van der Waals surface area contributed by atoms with Crippen LogP contribution in [0.25, 0.3) is 22.2 Å². The van der Waals surface area contributed by atoms with Gasteiger partial charge in [-0.05, 0) is 86.7 Å². The number of hydrogen-bond donors (Lipinski definition) is 0. The van der Waals surface area contributed by atoms with Crippen LogP contribution in [0.2, 0.25) is 5.02 Å². The molecule has 0 unspecified atom stereocenters. The molecular weight excluding hydrogens is 456 g/mol. The highest BCUT2D eigenvalue weighted by atomic mass is 35.5. The van der Waals surface area contributed by atoms with Gasteiger partial charge in [-0.2, -0.15) is 0 Å². The van der Waals surface area contributed by atoms with Crippen molar-refractivity contribution in [3.63, 3.8) is 0 Å². The highest BCUT2D eigenvalue weighted by molar-refractivity contribution is 6.30. The largest absolute Gasteiger partial charge is 0.373 e. The van der Waals surface area contributed by atoms with Crippen LogP contribution in [-0.4, -0.2) is 21.6 Å². The zero-order chi connectivity index (χ0) is 24.0. The van der Waals surface area contributed by atoms with E-state index in [4.69, 9.17) is 21.3 Å². The Hall–Kier alpha value is -2.96. The molecule has 4 heterocycles. The van der Waals surface area contributed by atoms with E-state index in [0.29, 0.717) is 23.2 Å². The lowest BCUT2D eigenvalue weighted by Crippen LogP contribution is -2.20. The first-order chi connectivity index (χ1) is 16.3. The van der Waals surface area contributed by atoms with Gasteiger partial charge < -0.3 is 4.74 Å². The van der Waals surface area contributed by atoms with E-state index in [1.807, 2.05) is 45.0 Å². The molecule has 0 aliphatic carbocycles. The molecule has 1 fully saturated rings. The van der Waals surface area contributed by atoms with Crippen LogP contribution in [0.3, 0.4) is 0 Å². The molecule has 34 heavy (non-hydrogen) atoms. The molecule has 5 rings (SSSR count). The van der Waals surface area contributed by atoms with Crippen LogP contribution < -0.4 is 0 Å². The summed E-state index contributed by atoms with van der Waals surface area (Å²) >= 11 is 5.82. The van der Waals surface area contributed by atoms with Crippen molar-refractivity contribution in [3.8, 4) is 11.1 Å². The molecule has 4 aromatic rings. The van der Waals surface area contributed by atoms with Crippen molar-refractivity contribution in [2.24, 2.45) is 0 Å². The van der Waals surface area contributed by atoms with Gasteiger partial charge in [0.25, 0.3) is 0 Å². The highest BCUT2D eigenvalue weighted by Crippen LogP contribution is 2.40. The second-order valence-electron chi connectivity index (χ2n) is 8.89. The van der Waals surface area contributed by atoms with Gasteiger partial charge in [0.2, 0.25) is 0 Å². The molecule has 1 aromatic carbocycles. The van der Waals surface area contributed by atoms with Crippen molar-refractivity contribution in [1.82, 2.24) is 15.0 Å². The number of nitrogens with zero attached hydrogens (tertiary/aromatic N) is 3. The van der Waals surface area contributed by atoms with E-state index in [1.165, 1.54) is 12.1 Å². The monoisotopic (exact) mass is 479 g/mol. The number of hydrogen-bond acceptors (Lipinski definition) is 4. The molecule has 1 aliphatic rings. The molecule has 7 heteroatoms. The summed E-state index contributed by atoms with van der Waals surface area (Å²) in [4.78, 5) is 13.8. The van der Waals surface area contributed by atoms with Crippen molar-refractivity contribution in [1.29, 1.82) is 0 Å². The van der Waals surface area contributed by atoms with Crippen molar-refractivity contribution < 1.29 is 13.5 Å². The Labute approximate surface area is 202 Å². The van der Waals surface area contributed by atoms with Crippen LogP contribution in [0.15, 0.2) is 42.6 Å². The Balaban J connectivity index is 1.64. The molecule has 0 spiro atoms. The van der Waals surface area contributed by atoms with Gasteiger partial charge in [-0.25, -0.2) is 18.7 Å². The molecule has 0 N–H and O–H groups in total. The number of halogens is 3. The Morgan fingerprint density at radius 1 is 0.971 bits per heavy atom. The standard InChI is InChI=1S/C27H24ClF2N3O/c1-14-10-21-20(19-4-5-22(28)26(30)25(19)29)13-23(33-27(21)32-16(14)3)17-7-9-34-24(12-17)18-6-8-31-15(2)11-18/h4-6,8,10-11,13,17,24H,7,9,12H2,1-3H3/t17-,24+/m0/s1. The van der Waals surface area contributed by atoms with E-state index in [-0.39, 0.29) is 22.6 Å². The quantitative estimate of drug-likeness (QED) is 0.292. The summed E-state index contributed by atoms with van der Waals surface area (Å²) in [6, 6.07) is 10.7. The summed E-state index contributed by atoms with van der Waals surface area (Å²) in [6.07, 6.45) is 3.21. The summed E-state index contributed by atoms with van der Waals surface area (Å²) < 4.78 is 35.5. The van der Waals surface area contributed by atoms with Gasteiger partial charge in [-0.3, -0.25) is 4.98 Å². The maximum absolute atomic E-state index is 15.0. The fourth-order valence-electron chi connectivity index (χ4n) is 4.59. The molecule has 4 nitrogen and oxygen atoms in total. The Bertz CT molecular complexity index is 1410. The minimum atomic E-state index is -1.05. The molecule has 3 aromatic heterocycles. The zero-order valence-corrected chi connectivity index (χ0v) is 20.0. The predicted octanol–water partition coefficient (Wildman–Crippen LogP) is 7.18. The minimum absolute atomic E-state index is 0.0824. The van der Waals surface area contributed by atoms with Gasteiger partial charge in [-0.1, -0.05) is 11.6 Å². The number of aryl methyl sites for hydroxylation is 3. The topological polar surface area (TPSA) is 47.9 Å². The molecule has 1 aliphatic heterocycles. The van der Waals surface area contributed by atoms with Gasteiger partial charge in [0.05, 0.1) is 11.1 Å². The molecule has 0 amide bonds. The minimum Gasteiger partial charge on any atom is -0.373 e. The zero-order valence-electron chi connectivity index (χ0n) is 19.2. The maximum atomic E-state index is 15.0. The summed E-state index contributed by atoms with van der Waals surface area (Å²) in [7, 11) is 0. The fourth-order valence-corrected chi connectivity index (χ4v) is 4.73. The summed E-state index contributed by atoms with van der Waals surface area (Å²) in [5.41, 5.74) is 5.85. The van der Waals surface area contributed by atoms with Gasteiger partial charge in [-0.15, -0.1) is 0 Å². The predicted molar refractivity (Wildman–Crippen MR) is 129 cm³/mol. The van der Waals surface area contributed by atoms with Crippen LogP contribution in [0.4, 0.5) is 8.78 Å². The van der Waals surface area contributed by atoms with Gasteiger partial charge in [0.1, 0.15) is 0 Å². The van der Waals surface area contributed by atoms with Crippen LogP contribution in [0.5, 0.6) is 0 Å². The Morgan fingerprint density at radius 3 is 2.59 bits per heavy atom. The molecule has 174 valence electrons. The van der Waals surface area contributed by atoms with Crippen molar-refractivity contribution in [3.05, 3.63) is 87.5 Å². The van der Waals surface area contributed by atoms with E-state index < -0.39 is 11.6 Å². The second-order valence-corrected chi connectivity index (χ2v) is 9.30. The number of ether oxygens (including phenoxy) is 1. The first kappa shape index (κ1) is 22.8. The molecule has 0 saturated carbocycles. The Morgan fingerprint density at radius 2 is 1.79 bits per heavy atom. The summed E-state index contributed by atoms with van der Waals surface area (Å²) in [5, 5.41) is 0.436. The van der Waals surface area contributed by atoms with E-state index >= 15 is 4.39 Å². The number of benzene rings is 1. The number of fused-ring (bicyclic) bond motifs is 1. The maximum Gasteiger partial charge on any atom is 0.178 e. The first-order valence-electron chi connectivity index (χ1n) is 11.3. The first-order valence-corrected chi connectivity index (χ1v) is 11.7. The number of rotatable bonds is 3. The third-order valence-corrected chi connectivity index (χ3v) is 6.88. The number of aromatic nitrogens is 3. The summed E-state index contributed by atoms with van der Waals surface area (Å²) in [6.45, 7) is 6.40. The molecule has 2 atom stereocenters. The molecular formula is C27H24ClF2N3O. The van der Waals surface area contributed by atoms with Crippen molar-refractivity contribution in [2.45, 2.75) is 45.6 Å². The van der Waals surface area contributed by atoms with Gasteiger partial charge in [0, 0.05) is 46.8 Å². The van der Waals surface area contributed by atoms with E-state index in [1.54, 1.807) is 6.20 Å². The van der Waals surface area contributed by atoms with Crippen LogP contribution >= 0.6 is 11.6 Å². The lowest BCUT2D eigenvalue weighted by atomic mass is 9.87. The Kier molecular flexibility index (Phi) is 6.04. The van der Waals surface area contributed by atoms with Crippen molar-refractivity contribution in [2.75, 3.05) is 6.61 Å². The van der Waals surface area contributed by atoms with Crippen LogP contribution in [-0.2, 0) is 4.74 Å². The average Bonchev–Trinajstić information content (AvgIpc) is 2.83. The SMILES string of the molecule is Cc1cc([C@H]2C[C@@H](c3cc(-c4ccc(Cl)c(F)c4F)c4cc(C)c(C)nc4n3)CCO2)ccn1. The number of pyridine rings is 3. The third kappa shape index (κ3) is 4.17. The average molecular weight is 480 g/mol. The van der Waals surface area contributed by atoms with E-state index in [0.717, 1.165) is 41.1 Å². The van der Waals surface area contributed by atoms with E-state index in [2.05, 4.69) is 9.97 Å². The van der Waals surface area contributed by atoms with Gasteiger partial charge in [0.15, 0.2) is 17.3 Å². The lowest BCUT2D eigenvalue weighted by molar-refractivity contribution is 0.00461. The smallest absolute Gasteiger partial charge is 0.178 e. The lowest BCUT2D eigenvalue weighted by Gasteiger charge is -2.30. The summed E-state index contributed by atoms with van der Waals surface area (Å²) in [5.74, 6) is -1.94. The van der Waals surface area contributed by atoms with Crippen molar-refractivity contribution >= 4 is 22.6 Å². The van der Waals surface area contributed by atoms with E-state index in [9.17, 15) is 4.39 Å². The second kappa shape index (κ2) is 9.01. The highest BCUT2D eigenvalue weighted by Gasteiger charge is 2.28. The molecule has 0 bridgehead atoms.